The highest BCUT2D eigenvalue weighted by Gasteiger charge is 2.24. The Kier molecular flexibility index (Phi) is 8.31. The van der Waals surface area contributed by atoms with Crippen LogP contribution in [0.4, 0.5) is 0 Å². The smallest absolute Gasteiger partial charge is 0.194 e. The molecular formula is C21H30IN5O2. The number of benzene rings is 1. The van der Waals surface area contributed by atoms with Gasteiger partial charge in [0.2, 0.25) is 0 Å². The Morgan fingerprint density at radius 3 is 2.69 bits per heavy atom. The number of nitrogens with zero attached hydrogens (tertiary/aromatic N) is 4. The van der Waals surface area contributed by atoms with Gasteiger partial charge in [-0.3, -0.25) is 9.89 Å². The molecule has 158 valence electrons. The number of piperazine rings is 1. The van der Waals surface area contributed by atoms with E-state index in [1.165, 1.54) is 6.42 Å². The summed E-state index contributed by atoms with van der Waals surface area (Å²) in [5.74, 6) is 2.43. The van der Waals surface area contributed by atoms with Crippen LogP contribution in [-0.2, 0) is 11.3 Å². The molecule has 3 heterocycles. The van der Waals surface area contributed by atoms with E-state index in [-0.39, 0.29) is 24.0 Å². The fraction of sp³-hybridized carbons (Fsp3) is 0.524. The molecule has 0 aliphatic carbocycles. The van der Waals surface area contributed by atoms with Crippen LogP contribution in [0.25, 0.3) is 11.3 Å². The standard InChI is InChI=1S/C21H29N5O2.HI/c1-22-21(26-10-8-25(9-11-26)15-17-7-12-27-16-17)23-14-19-13-20(24-28-19)18-5-3-2-4-6-18;/h2-6,13,17H,7-12,14-16H2,1H3,(H,22,23);1H. The first-order valence-corrected chi connectivity index (χ1v) is 10.1. The molecule has 0 saturated carbocycles. The van der Waals surface area contributed by atoms with Gasteiger partial charge in [-0.15, -0.1) is 24.0 Å². The van der Waals surface area contributed by atoms with E-state index in [0.29, 0.717) is 12.5 Å². The Labute approximate surface area is 189 Å². The SMILES string of the molecule is CN=C(NCc1cc(-c2ccccc2)no1)N1CCN(CC2CCOC2)CC1.I. The summed E-state index contributed by atoms with van der Waals surface area (Å²) < 4.78 is 11.0. The van der Waals surface area contributed by atoms with Gasteiger partial charge in [0.25, 0.3) is 0 Å². The van der Waals surface area contributed by atoms with Gasteiger partial charge in [0.15, 0.2) is 11.7 Å². The molecule has 0 radical (unpaired) electrons. The highest BCUT2D eigenvalue weighted by Crippen LogP contribution is 2.18. The van der Waals surface area contributed by atoms with Crippen LogP contribution in [0, 0.1) is 5.92 Å². The van der Waals surface area contributed by atoms with Crippen LogP contribution in [0.3, 0.4) is 0 Å². The van der Waals surface area contributed by atoms with E-state index in [1.54, 1.807) is 0 Å². The zero-order chi connectivity index (χ0) is 19.2. The number of rotatable bonds is 5. The van der Waals surface area contributed by atoms with Gasteiger partial charge in [-0.2, -0.15) is 0 Å². The molecule has 0 amide bonds. The molecule has 2 aromatic rings. The van der Waals surface area contributed by atoms with Crippen molar-refractivity contribution in [1.29, 1.82) is 0 Å². The molecule has 2 aliphatic rings. The van der Waals surface area contributed by atoms with E-state index in [1.807, 2.05) is 43.4 Å². The Bertz CT molecular complexity index is 768. The van der Waals surface area contributed by atoms with Crippen molar-refractivity contribution < 1.29 is 9.26 Å². The normalized spacial score (nSPS) is 20.5. The number of ether oxygens (including phenoxy) is 1. The predicted molar refractivity (Wildman–Crippen MR) is 124 cm³/mol. The van der Waals surface area contributed by atoms with Gasteiger partial charge >= 0.3 is 0 Å². The fourth-order valence-electron chi connectivity index (χ4n) is 3.87. The van der Waals surface area contributed by atoms with Gasteiger partial charge in [-0.1, -0.05) is 35.5 Å². The Morgan fingerprint density at radius 1 is 1.21 bits per heavy atom. The molecule has 8 heteroatoms. The third-order valence-corrected chi connectivity index (χ3v) is 5.47. The third kappa shape index (κ3) is 5.93. The summed E-state index contributed by atoms with van der Waals surface area (Å²) in [5, 5.41) is 7.59. The topological polar surface area (TPSA) is 66.1 Å². The molecule has 1 N–H and O–H groups in total. The number of hydrogen-bond acceptors (Lipinski definition) is 5. The first-order valence-electron chi connectivity index (χ1n) is 10.1. The van der Waals surface area contributed by atoms with Crippen molar-refractivity contribution in [3.63, 3.8) is 0 Å². The lowest BCUT2D eigenvalue weighted by molar-refractivity contribution is 0.139. The summed E-state index contributed by atoms with van der Waals surface area (Å²) in [6.45, 7) is 7.68. The lowest BCUT2D eigenvalue weighted by atomic mass is 10.1. The van der Waals surface area contributed by atoms with Crippen molar-refractivity contribution >= 4 is 29.9 Å². The highest BCUT2D eigenvalue weighted by atomic mass is 127. The van der Waals surface area contributed by atoms with E-state index in [4.69, 9.17) is 9.26 Å². The third-order valence-electron chi connectivity index (χ3n) is 5.47. The van der Waals surface area contributed by atoms with Gasteiger partial charge in [0, 0.05) is 58.0 Å². The van der Waals surface area contributed by atoms with Crippen LogP contribution in [-0.4, -0.2) is 73.9 Å². The van der Waals surface area contributed by atoms with Crippen LogP contribution in [0.5, 0.6) is 0 Å². The van der Waals surface area contributed by atoms with E-state index in [2.05, 4.69) is 25.3 Å². The largest absolute Gasteiger partial charge is 0.381 e. The van der Waals surface area contributed by atoms with Crippen molar-refractivity contribution in [2.45, 2.75) is 13.0 Å². The van der Waals surface area contributed by atoms with Crippen molar-refractivity contribution in [3.8, 4) is 11.3 Å². The minimum Gasteiger partial charge on any atom is -0.381 e. The minimum absolute atomic E-state index is 0. The molecule has 2 fully saturated rings. The monoisotopic (exact) mass is 511 g/mol. The fourth-order valence-corrected chi connectivity index (χ4v) is 3.87. The van der Waals surface area contributed by atoms with E-state index in [0.717, 1.165) is 68.9 Å². The minimum atomic E-state index is 0. The maximum atomic E-state index is 5.50. The molecule has 0 bridgehead atoms. The Hall–Kier alpha value is -1.65. The first-order chi connectivity index (χ1) is 13.8. The quantitative estimate of drug-likeness (QED) is 0.379. The molecule has 1 aromatic carbocycles. The van der Waals surface area contributed by atoms with Crippen LogP contribution in [0.15, 0.2) is 45.9 Å². The molecule has 4 rings (SSSR count). The molecule has 2 saturated heterocycles. The summed E-state index contributed by atoms with van der Waals surface area (Å²) in [5.41, 5.74) is 1.92. The van der Waals surface area contributed by atoms with Gasteiger partial charge in [0.05, 0.1) is 13.2 Å². The van der Waals surface area contributed by atoms with Gasteiger partial charge in [-0.05, 0) is 12.3 Å². The number of nitrogens with one attached hydrogen (secondary N) is 1. The Morgan fingerprint density at radius 2 is 2.00 bits per heavy atom. The van der Waals surface area contributed by atoms with Crippen LogP contribution in [0.2, 0.25) is 0 Å². The van der Waals surface area contributed by atoms with E-state index >= 15 is 0 Å². The first kappa shape index (κ1) is 22.0. The summed E-state index contributed by atoms with van der Waals surface area (Å²) >= 11 is 0. The highest BCUT2D eigenvalue weighted by molar-refractivity contribution is 14.0. The van der Waals surface area contributed by atoms with Gasteiger partial charge in [0.1, 0.15) is 5.69 Å². The summed E-state index contributed by atoms with van der Waals surface area (Å²) in [6, 6.07) is 12.1. The molecule has 1 unspecified atom stereocenters. The van der Waals surface area contributed by atoms with Crippen LogP contribution < -0.4 is 5.32 Å². The summed E-state index contributed by atoms with van der Waals surface area (Å²) in [4.78, 5) is 9.31. The van der Waals surface area contributed by atoms with Crippen molar-refractivity contribution in [1.82, 2.24) is 20.3 Å². The number of halogens is 1. The second-order valence-electron chi connectivity index (χ2n) is 7.46. The van der Waals surface area contributed by atoms with Crippen LogP contribution in [0.1, 0.15) is 12.2 Å². The van der Waals surface area contributed by atoms with Gasteiger partial charge < -0.3 is 19.5 Å². The van der Waals surface area contributed by atoms with Crippen molar-refractivity contribution in [3.05, 3.63) is 42.2 Å². The maximum Gasteiger partial charge on any atom is 0.194 e. The zero-order valence-electron chi connectivity index (χ0n) is 16.9. The summed E-state index contributed by atoms with van der Waals surface area (Å²) in [6.07, 6.45) is 1.20. The number of hydrogen-bond donors (Lipinski definition) is 1. The molecule has 29 heavy (non-hydrogen) atoms. The molecule has 7 nitrogen and oxygen atoms in total. The number of aliphatic imine (C=N–C) groups is 1. The molecule has 1 atom stereocenters. The van der Waals surface area contributed by atoms with Crippen LogP contribution >= 0.6 is 24.0 Å². The van der Waals surface area contributed by atoms with E-state index in [9.17, 15) is 0 Å². The molecule has 0 spiro atoms. The molecule has 2 aliphatic heterocycles. The lowest BCUT2D eigenvalue weighted by Gasteiger charge is -2.37. The average Bonchev–Trinajstić information content (AvgIpc) is 3.42. The number of aromatic nitrogens is 1. The Balaban J connectivity index is 0.00000240. The zero-order valence-corrected chi connectivity index (χ0v) is 19.2. The molecule has 1 aromatic heterocycles. The predicted octanol–water partition coefficient (Wildman–Crippen LogP) is 2.69. The average molecular weight is 511 g/mol. The number of guanidine groups is 1. The van der Waals surface area contributed by atoms with Gasteiger partial charge in [-0.25, -0.2) is 0 Å². The second kappa shape index (κ2) is 10.9. The van der Waals surface area contributed by atoms with Crippen molar-refractivity contribution in [2.24, 2.45) is 10.9 Å². The summed E-state index contributed by atoms with van der Waals surface area (Å²) in [7, 11) is 1.83. The van der Waals surface area contributed by atoms with E-state index < -0.39 is 0 Å². The second-order valence-corrected chi connectivity index (χ2v) is 7.46. The van der Waals surface area contributed by atoms with Crippen molar-refractivity contribution in [2.75, 3.05) is 53.0 Å². The lowest BCUT2D eigenvalue weighted by Crippen LogP contribution is -2.53. The molecular weight excluding hydrogens is 481 g/mol. The maximum absolute atomic E-state index is 5.50.